The number of fused-ring (bicyclic) bond motifs is 2. The van der Waals surface area contributed by atoms with Gasteiger partial charge in [-0.25, -0.2) is 0 Å². The van der Waals surface area contributed by atoms with Crippen LogP contribution in [-0.4, -0.2) is 54.6 Å². The average Bonchev–Trinajstić information content (AvgIpc) is 2.98. The first-order valence-electron chi connectivity index (χ1n) is 12.4. The molecule has 0 radical (unpaired) electrons. The first-order chi connectivity index (χ1) is 16.7. The van der Waals surface area contributed by atoms with Crippen LogP contribution in [0.3, 0.4) is 0 Å². The molecule has 2 saturated heterocycles. The average molecular weight is 464 g/mol. The van der Waals surface area contributed by atoms with Crippen LogP contribution >= 0.6 is 0 Å². The zero-order chi connectivity index (χ0) is 23.3. The van der Waals surface area contributed by atoms with E-state index in [2.05, 4.69) is 39.8 Å². The highest BCUT2D eigenvalue weighted by molar-refractivity contribution is 5.92. The maximum atomic E-state index is 13.2. The van der Waals surface area contributed by atoms with Crippen LogP contribution in [0.2, 0.25) is 0 Å². The molecule has 3 aliphatic rings. The number of ether oxygens (including phenoxy) is 2. The van der Waals surface area contributed by atoms with E-state index in [1.807, 2.05) is 24.3 Å². The van der Waals surface area contributed by atoms with Gasteiger partial charge in [-0.15, -0.1) is 0 Å². The first kappa shape index (κ1) is 22.7. The van der Waals surface area contributed by atoms with Gasteiger partial charge >= 0.3 is 0 Å². The molecule has 0 saturated carbocycles. The Balaban J connectivity index is 1.31. The van der Waals surface area contributed by atoms with Gasteiger partial charge in [0.2, 0.25) is 11.8 Å². The summed E-state index contributed by atoms with van der Waals surface area (Å²) in [7, 11) is 0. The fraction of sp³-hybridized carbons (Fsp3) is 0.481. The van der Waals surface area contributed by atoms with E-state index in [1.54, 1.807) is 0 Å². The standard InChI is InChI=1S/C27H33N3O4/c31-26-10-5-4-9-23-22(29-26)17-21(15-19-7-2-1-3-8-19)30(23)18-27(32)28-20-11-12-24-25(16-20)34-14-6-13-33-24/h1-3,7-8,11-12,16,21-23H,4-6,9-10,13-15,17-18H2,(H,28,32)(H,29,31)/t21-,22-,23+/m1/s1. The molecule has 3 heterocycles. The van der Waals surface area contributed by atoms with Crippen LogP contribution in [0.15, 0.2) is 48.5 Å². The number of nitrogens with one attached hydrogen (secondary N) is 2. The largest absolute Gasteiger partial charge is 0.490 e. The Morgan fingerprint density at radius 1 is 1.03 bits per heavy atom. The normalized spacial score (nSPS) is 24.8. The smallest absolute Gasteiger partial charge is 0.238 e. The lowest BCUT2D eigenvalue weighted by atomic mass is 9.97. The molecule has 7 heteroatoms. The Hall–Kier alpha value is -3.06. The number of carbonyl (C=O) groups is 2. The van der Waals surface area contributed by atoms with Crippen molar-refractivity contribution in [2.24, 2.45) is 0 Å². The van der Waals surface area contributed by atoms with Crippen molar-refractivity contribution in [1.29, 1.82) is 0 Å². The first-order valence-corrected chi connectivity index (χ1v) is 12.4. The molecule has 2 aromatic rings. The van der Waals surface area contributed by atoms with Crippen LogP contribution in [0.1, 0.15) is 44.1 Å². The molecule has 2 N–H and O–H groups in total. The third kappa shape index (κ3) is 5.36. The summed E-state index contributed by atoms with van der Waals surface area (Å²) in [5, 5.41) is 6.30. The van der Waals surface area contributed by atoms with E-state index in [9.17, 15) is 9.59 Å². The number of hydrogen-bond donors (Lipinski definition) is 2. The van der Waals surface area contributed by atoms with Crippen molar-refractivity contribution in [3.63, 3.8) is 0 Å². The van der Waals surface area contributed by atoms with Crippen molar-refractivity contribution in [3.05, 3.63) is 54.1 Å². The van der Waals surface area contributed by atoms with Gasteiger partial charge in [0, 0.05) is 42.7 Å². The van der Waals surface area contributed by atoms with Crippen molar-refractivity contribution >= 4 is 17.5 Å². The molecule has 2 aromatic carbocycles. The number of carbonyl (C=O) groups excluding carboxylic acids is 2. The van der Waals surface area contributed by atoms with E-state index in [4.69, 9.17) is 9.47 Å². The molecular formula is C27H33N3O4. The molecule has 0 unspecified atom stereocenters. The molecule has 0 aromatic heterocycles. The van der Waals surface area contributed by atoms with Crippen LogP contribution in [0.5, 0.6) is 11.5 Å². The number of nitrogens with zero attached hydrogens (tertiary/aromatic N) is 1. The van der Waals surface area contributed by atoms with Gasteiger partial charge in [-0.2, -0.15) is 0 Å². The Morgan fingerprint density at radius 2 is 1.85 bits per heavy atom. The van der Waals surface area contributed by atoms with Gasteiger partial charge in [-0.3, -0.25) is 14.5 Å². The van der Waals surface area contributed by atoms with Gasteiger partial charge in [0.25, 0.3) is 0 Å². The SMILES string of the molecule is O=C(CN1[C@H](Cc2ccccc2)C[C@H]2NC(=O)CCCC[C@@H]21)Nc1ccc2c(c1)OCCCO2. The summed E-state index contributed by atoms with van der Waals surface area (Å²) in [6, 6.07) is 16.4. The quantitative estimate of drug-likeness (QED) is 0.709. The number of hydrogen-bond acceptors (Lipinski definition) is 5. The predicted molar refractivity (Wildman–Crippen MR) is 130 cm³/mol. The summed E-state index contributed by atoms with van der Waals surface area (Å²) in [6.45, 7) is 1.53. The minimum Gasteiger partial charge on any atom is -0.490 e. The summed E-state index contributed by atoms with van der Waals surface area (Å²) in [6.07, 6.45) is 6.06. The Bertz CT molecular complexity index is 1010. The lowest BCUT2D eigenvalue weighted by molar-refractivity contribution is -0.122. The monoisotopic (exact) mass is 463 g/mol. The van der Waals surface area contributed by atoms with Crippen LogP contribution < -0.4 is 20.1 Å². The number of anilines is 1. The van der Waals surface area contributed by atoms with Gasteiger partial charge in [0.15, 0.2) is 11.5 Å². The van der Waals surface area contributed by atoms with Gasteiger partial charge in [-0.05, 0) is 43.4 Å². The Kier molecular flexibility index (Phi) is 7.00. The zero-order valence-corrected chi connectivity index (χ0v) is 19.5. The number of benzene rings is 2. The summed E-state index contributed by atoms with van der Waals surface area (Å²) in [5.74, 6) is 1.46. The van der Waals surface area contributed by atoms with Crippen molar-refractivity contribution in [1.82, 2.24) is 10.2 Å². The minimum atomic E-state index is -0.0541. The Labute approximate surface area is 200 Å². The lowest BCUT2D eigenvalue weighted by Gasteiger charge is -2.32. The summed E-state index contributed by atoms with van der Waals surface area (Å²) < 4.78 is 11.5. The van der Waals surface area contributed by atoms with Gasteiger partial charge in [0.05, 0.1) is 19.8 Å². The number of likely N-dealkylation sites (tertiary alicyclic amines) is 1. The Morgan fingerprint density at radius 3 is 2.71 bits per heavy atom. The number of rotatable bonds is 5. The maximum Gasteiger partial charge on any atom is 0.238 e. The predicted octanol–water partition coefficient (Wildman–Crippen LogP) is 3.53. The van der Waals surface area contributed by atoms with E-state index in [0.717, 1.165) is 38.5 Å². The van der Waals surface area contributed by atoms with E-state index in [0.29, 0.717) is 43.4 Å². The highest BCUT2D eigenvalue weighted by Crippen LogP contribution is 2.34. The zero-order valence-electron chi connectivity index (χ0n) is 19.5. The maximum absolute atomic E-state index is 13.2. The molecule has 7 nitrogen and oxygen atoms in total. The van der Waals surface area contributed by atoms with E-state index in [-0.39, 0.29) is 29.9 Å². The van der Waals surface area contributed by atoms with Gasteiger partial charge in [-0.1, -0.05) is 36.8 Å². The fourth-order valence-corrected chi connectivity index (χ4v) is 5.47. The summed E-state index contributed by atoms with van der Waals surface area (Å²) >= 11 is 0. The number of amides is 2. The molecule has 0 bridgehead atoms. The van der Waals surface area contributed by atoms with Crippen molar-refractivity contribution in [3.8, 4) is 11.5 Å². The fourth-order valence-electron chi connectivity index (χ4n) is 5.47. The highest BCUT2D eigenvalue weighted by atomic mass is 16.5. The molecule has 3 atom stereocenters. The van der Waals surface area contributed by atoms with Gasteiger partial charge in [0.1, 0.15) is 0 Å². The van der Waals surface area contributed by atoms with Crippen LogP contribution in [0.25, 0.3) is 0 Å². The summed E-state index contributed by atoms with van der Waals surface area (Å²) in [4.78, 5) is 27.8. The van der Waals surface area contributed by atoms with Gasteiger partial charge < -0.3 is 20.1 Å². The molecule has 0 spiro atoms. The molecule has 180 valence electrons. The van der Waals surface area contributed by atoms with Crippen molar-refractivity contribution in [2.45, 2.75) is 63.1 Å². The second-order valence-corrected chi connectivity index (χ2v) is 9.50. The lowest BCUT2D eigenvalue weighted by Crippen LogP contribution is -2.48. The minimum absolute atomic E-state index is 0.0541. The molecular weight excluding hydrogens is 430 g/mol. The molecule has 2 fully saturated rings. The van der Waals surface area contributed by atoms with Crippen LogP contribution in [0.4, 0.5) is 5.69 Å². The van der Waals surface area contributed by atoms with Crippen molar-refractivity contribution in [2.75, 3.05) is 25.1 Å². The molecule has 34 heavy (non-hydrogen) atoms. The summed E-state index contributed by atoms with van der Waals surface area (Å²) in [5.41, 5.74) is 1.96. The van der Waals surface area contributed by atoms with E-state index in [1.165, 1.54) is 5.56 Å². The topological polar surface area (TPSA) is 79.9 Å². The third-order valence-electron chi connectivity index (χ3n) is 7.06. The van der Waals surface area contributed by atoms with E-state index < -0.39 is 0 Å². The molecule has 5 rings (SSSR count). The molecule has 0 aliphatic carbocycles. The molecule has 2 amide bonds. The van der Waals surface area contributed by atoms with E-state index >= 15 is 0 Å². The van der Waals surface area contributed by atoms with Crippen LogP contribution in [0, 0.1) is 0 Å². The molecule has 3 aliphatic heterocycles. The van der Waals surface area contributed by atoms with Crippen molar-refractivity contribution < 1.29 is 19.1 Å². The second-order valence-electron chi connectivity index (χ2n) is 9.50. The highest BCUT2D eigenvalue weighted by Gasteiger charge is 2.42. The van der Waals surface area contributed by atoms with Crippen LogP contribution in [-0.2, 0) is 16.0 Å². The second kappa shape index (κ2) is 10.5. The third-order valence-corrected chi connectivity index (χ3v) is 7.06.